The second kappa shape index (κ2) is 9.35. The fourth-order valence-corrected chi connectivity index (χ4v) is 2.71. The van der Waals surface area contributed by atoms with Crippen LogP contribution in [0.4, 0.5) is 20.7 Å². The maximum atomic E-state index is 11.4. The van der Waals surface area contributed by atoms with Gasteiger partial charge in [-0.3, -0.25) is 10.1 Å². The molecule has 0 spiro atoms. The van der Waals surface area contributed by atoms with Crippen molar-refractivity contribution in [2.24, 2.45) is 0 Å². The number of carboxylic acids is 1. The number of para-hydroxylation sites is 1. The maximum Gasteiger partial charge on any atom is 0.325 e. The Balaban J connectivity index is 0.000000196. The zero-order chi connectivity index (χ0) is 18.1. The third-order valence-electron chi connectivity index (χ3n) is 2.59. The van der Waals surface area contributed by atoms with Crippen molar-refractivity contribution in [2.45, 2.75) is 6.42 Å². The Hall–Kier alpha value is -2.98. The Bertz CT molecular complexity index is 806. The number of anilines is 3. The first-order valence-corrected chi connectivity index (χ1v) is 8.73. The third kappa shape index (κ3) is 6.97. The lowest BCUT2D eigenvalue weighted by Gasteiger charge is -2.04. The van der Waals surface area contributed by atoms with Crippen LogP contribution in [-0.4, -0.2) is 27.1 Å². The van der Waals surface area contributed by atoms with Gasteiger partial charge in [0.25, 0.3) is 0 Å². The van der Waals surface area contributed by atoms with Crippen LogP contribution in [0.2, 0.25) is 0 Å². The number of amides is 2. The van der Waals surface area contributed by atoms with Gasteiger partial charge in [-0.15, -0.1) is 22.7 Å². The third-order valence-corrected chi connectivity index (χ3v) is 4.00. The van der Waals surface area contributed by atoms with Crippen LogP contribution in [0.3, 0.4) is 0 Å². The Labute approximate surface area is 151 Å². The van der Waals surface area contributed by atoms with Gasteiger partial charge in [0.15, 0.2) is 10.3 Å². The lowest BCUT2D eigenvalue weighted by molar-refractivity contribution is -0.136. The van der Waals surface area contributed by atoms with Gasteiger partial charge in [-0.2, -0.15) is 0 Å². The molecule has 130 valence electrons. The van der Waals surface area contributed by atoms with Crippen molar-refractivity contribution in [3.63, 3.8) is 0 Å². The van der Waals surface area contributed by atoms with Crippen molar-refractivity contribution in [2.75, 3.05) is 16.4 Å². The van der Waals surface area contributed by atoms with Crippen LogP contribution in [0.15, 0.2) is 47.3 Å². The standard InChI is InChI=1S/C10H9N3OS.C5H6N2O2S/c14-9(13-10-11-6-7-15-10)12-8-4-2-1-3-5-8;6-5-7-3(2-10-5)1-4(8)9/h1-7H,(H2,11,12,13,14);2H,1H2,(H2,6,7)(H,8,9). The van der Waals surface area contributed by atoms with E-state index in [0.717, 1.165) is 5.69 Å². The zero-order valence-corrected chi connectivity index (χ0v) is 14.5. The Morgan fingerprint density at radius 1 is 1.16 bits per heavy atom. The molecule has 10 heteroatoms. The number of carbonyl (C=O) groups is 2. The summed E-state index contributed by atoms with van der Waals surface area (Å²) in [5.74, 6) is -0.884. The Kier molecular flexibility index (Phi) is 6.87. The Morgan fingerprint density at radius 2 is 1.92 bits per heavy atom. The highest BCUT2D eigenvalue weighted by Gasteiger charge is 2.03. The van der Waals surface area contributed by atoms with Crippen molar-refractivity contribution < 1.29 is 14.7 Å². The van der Waals surface area contributed by atoms with Gasteiger partial charge in [0, 0.05) is 22.6 Å². The summed E-state index contributed by atoms with van der Waals surface area (Å²) >= 11 is 2.63. The number of rotatable bonds is 4. The molecule has 8 nitrogen and oxygen atoms in total. The SMILES string of the molecule is Nc1nc(CC(=O)O)cs1.O=C(Nc1ccccc1)Nc1nccs1. The van der Waals surface area contributed by atoms with Gasteiger partial charge in [-0.1, -0.05) is 18.2 Å². The van der Waals surface area contributed by atoms with Crippen LogP contribution < -0.4 is 16.4 Å². The first-order chi connectivity index (χ1) is 12.0. The minimum absolute atomic E-state index is 0.0479. The molecule has 25 heavy (non-hydrogen) atoms. The number of carboxylic acid groups (broad SMARTS) is 1. The van der Waals surface area contributed by atoms with Crippen molar-refractivity contribution >= 4 is 50.6 Å². The summed E-state index contributed by atoms with van der Waals surface area (Å²) in [7, 11) is 0. The quantitative estimate of drug-likeness (QED) is 0.552. The fourth-order valence-electron chi connectivity index (χ4n) is 1.62. The number of nitrogens with two attached hydrogens (primary N) is 1. The molecule has 0 aliphatic carbocycles. The molecule has 0 bridgehead atoms. The summed E-state index contributed by atoms with van der Waals surface area (Å²) < 4.78 is 0. The summed E-state index contributed by atoms with van der Waals surface area (Å²) in [4.78, 5) is 29.2. The second-order valence-electron chi connectivity index (χ2n) is 4.53. The monoisotopic (exact) mass is 377 g/mol. The number of nitrogens with one attached hydrogen (secondary N) is 2. The molecule has 0 saturated carbocycles. The van der Waals surface area contributed by atoms with E-state index >= 15 is 0 Å². The highest BCUT2D eigenvalue weighted by atomic mass is 32.1. The predicted octanol–water partition coefficient (Wildman–Crippen LogP) is 3.14. The molecule has 2 amide bonds. The number of urea groups is 1. The molecule has 1 aromatic carbocycles. The molecule has 0 fully saturated rings. The van der Waals surface area contributed by atoms with Gasteiger partial charge in [-0.05, 0) is 12.1 Å². The number of aromatic nitrogens is 2. The van der Waals surface area contributed by atoms with E-state index in [0.29, 0.717) is 16.0 Å². The van der Waals surface area contributed by atoms with E-state index in [2.05, 4.69) is 20.6 Å². The number of carbonyl (C=O) groups excluding carboxylic acids is 1. The van der Waals surface area contributed by atoms with E-state index in [-0.39, 0.29) is 12.5 Å². The van der Waals surface area contributed by atoms with Gasteiger partial charge >= 0.3 is 12.0 Å². The molecule has 3 rings (SSSR count). The summed E-state index contributed by atoms with van der Waals surface area (Å²) in [5.41, 5.74) is 6.55. The molecule has 5 N–H and O–H groups in total. The summed E-state index contributed by atoms with van der Waals surface area (Å²) in [6.45, 7) is 0. The number of aliphatic carboxylic acids is 1. The van der Waals surface area contributed by atoms with Crippen LogP contribution in [0.5, 0.6) is 0 Å². The number of nitrogens with zero attached hydrogens (tertiary/aromatic N) is 2. The molecule has 0 radical (unpaired) electrons. The van der Waals surface area contributed by atoms with Crippen LogP contribution in [0.1, 0.15) is 5.69 Å². The molecule has 2 heterocycles. The van der Waals surface area contributed by atoms with E-state index in [9.17, 15) is 9.59 Å². The fraction of sp³-hybridized carbons (Fsp3) is 0.0667. The van der Waals surface area contributed by atoms with E-state index in [1.54, 1.807) is 17.0 Å². The highest BCUT2D eigenvalue weighted by molar-refractivity contribution is 7.14. The molecule has 0 atom stereocenters. The summed E-state index contributed by atoms with van der Waals surface area (Å²) in [6, 6.07) is 8.97. The molecule has 0 aliphatic heterocycles. The largest absolute Gasteiger partial charge is 0.481 e. The van der Waals surface area contributed by atoms with Gasteiger partial charge < -0.3 is 16.2 Å². The van der Waals surface area contributed by atoms with Gasteiger partial charge in [0.1, 0.15) is 0 Å². The predicted molar refractivity (Wildman–Crippen MR) is 99.1 cm³/mol. The summed E-state index contributed by atoms with van der Waals surface area (Å²) in [5, 5.41) is 18.1. The number of hydrogen-bond donors (Lipinski definition) is 4. The lowest BCUT2D eigenvalue weighted by Crippen LogP contribution is -2.19. The lowest BCUT2D eigenvalue weighted by atomic mass is 10.3. The number of nitrogen functional groups attached to an aromatic ring is 1. The first-order valence-electron chi connectivity index (χ1n) is 6.97. The minimum Gasteiger partial charge on any atom is -0.481 e. The van der Waals surface area contributed by atoms with Crippen molar-refractivity contribution in [1.82, 2.24) is 9.97 Å². The highest BCUT2D eigenvalue weighted by Crippen LogP contribution is 2.12. The number of benzene rings is 1. The first kappa shape index (κ1) is 18.4. The molecular weight excluding hydrogens is 362 g/mol. The number of hydrogen-bond acceptors (Lipinski definition) is 7. The topological polar surface area (TPSA) is 130 Å². The molecule has 0 aliphatic rings. The average molecular weight is 377 g/mol. The number of thiazole rings is 2. The Morgan fingerprint density at radius 3 is 2.48 bits per heavy atom. The van der Waals surface area contributed by atoms with Gasteiger partial charge in [-0.25, -0.2) is 14.8 Å². The van der Waals surface area contributed by atoms with E-state index in [4.69, 9.17) is 10.8 Å². The van der Waals surface area contributed by atoms with Crippen LogP contribution >= 0.6 is 22.7 Å². The normalized spacial score (nSPS) is 9.60. The smallest absolute Gasteiger partial charge is 0.325 e. The van der Waals surface area contributed by atoms with E-state index in [1.807, 2.05) is 30.3 Å². The molecule has 0 unspecified atom stereocenters. The van der Waals surface area contributed by atoms with Crippen LogP contribution in [0.25, 0.3) is 0 Å². The van der Waals surface area contributed by atoms with Crippen molar-refractivity contribution in [3.8, 4) is 0 Å². The van der Waals surface area contributed by atoms with Crippen LogP contribution in [-0.2, 0) is 11.2 Å². The molecular formula is C15H15N5O3S2. The minimum atomic E-state index is -0.884. The zero-order valence-electron chi connectivity index (χ0n) is 12.9. The molecule has 3 aromatic rings. The van der Waals surface area contributed by atoms with Gasteiger partial charge in [0.2, 0.25) is 0 Å². The molecule has 0 saturated heterocycles. The van der Waals surface area contributed by atoms with Crippen LogP contribution in [0, 0.1) is 0 Å². The summed E-state index contributed by atoms with van der Waals surface area (Å²) in [6.07, 6.45) is 1.59. The average Bonchev–Trinajstić information content (AvgIpc) is 3.20. The van der Waals surface area contributed by atoms with Gasteiger partial charge in [0.05, 0.1) is 12.1 Å². The molecule has 2 aromatic heterocycles. The maximum absolute atomic E-state index is 11.4. The van der Waals surface area contributed by atoms with E-state index in [1.165, 1.54) is 22.7 Å². The van der Waals surface area contributed by atoms with E-state index < -0.39 is 5.97 Å². The van der Waals surface area contributed by atoms with Crippen molar-refractivity contribution in [1.29, 1.82) is 0 Å². The second-order valence-corrected chi connectivity index (χ2v) is 6.31. The van der Waals surface area contributed by atoms with Crippen molar-refractivity contribution in [3.05, 3.63) is 53.0 Å².